The Bertz CT molecular complexity index is 431. The normalized spacial score (nSPS) is 11.4. The van der Waals surface area contributed by atoms with Crippen LogP contribution in [0.1, 0.15) is 20.3 Å². The molecule has 1 aromatic heterocycles. The van der Waals surface area contributed by atoms with E-state index in [1.807, 2.05) is 13.8 Å². The Morgan fingerprint density at radius 1 is 1.38 bits per heavy atom. The maximum atomic E-state index is 11.8. The molecular weight excluding hydrogens is 226 g/mol. The van der Waals surface area contributed by atoms with Crippen molar-refractivity contribution in [2.75, 3.05) is 18.4 Å². The zero-order chi connectivity index (χ0) is 12.0. The van der Waals surface area contributed by atoms with Crippen LogP contribution in [0.4, 0.5) is 5.82 Å². The van der Waals surface area contributed by atoms with Crippen LogP contribution in [-0.2, 0) is 10.0 Å². The van der Waals surface area contributed by atoms with E-state index in [4.69, 9.17) is 0 Å². The lowest BCUT2D eigenvalue weighted by molar-refractivity contribution is 0.580. The van der Waals surface area contributed by atoms with Gasteiger partial charge in [0.15, 0.2) is 0 Å². The zero-order valence-corrected chi connectivity index (χ0v) is 10.3. The Morgan fingerprint density at radius 3 is 2.75 bits per heavy atom. The summed E-state index contributed by atoms with van der Waals surface area (Å²) in [4.78, 5) is 4.26. The first kappa shape index (κ1) is 12.9. The molecule has 16 heavy (non-hydrogen) atoms. The van der Waals surface area contributed by atoms with Crippen molar-refractivity contribution in [2.24, 2.45) is 0 Å². The molecule has 90 valence electrons. The predicted octanol–water partition coefficient (Wildman–Crippen LogP) is 1.20. The van der Waals surface area contributed by atoms with E-state index >= 15 is 0 Å². The van der Waals surface area contributed by atoms with E-state index in [1.54, 1.807) is 0 Å². The molecule has 0 radical (unpaired) electrons. The molecule has 0 bridgehead atoms. The van der Waals surface area contributed by atoms with Gasteiger partial charge in [0, 0.05) is 25.4 Å². The van der Waals surface area contributed by atoms with Crippen molar-refractivity contribution in [3.8, 4) is 0 Å². The van der Waals surface area contributed by atoms with Crippen LogP contribution in [0, 0.1) is 0 Å². The minimum atomic E-state index is -3.39. The van der Waals surface area contributed by atoms with Gasteiger partial charge in [-0.15, -0.1) is 0 Å². The third-order valence-corrected chi connectivity index (χ3v) is 3.40. The van der Waals surface area contributed by atoms with Gasteiger partial charge in [-0.05, 0) is 19.4 Å². The summed E-state index contributed by atoms with van der Waals surface area (Å²) in [6.07, 6.45) is 2.25. The number of nitrogens with zero attached hydrogens (tertiary/aromatic N) is 1. The third-order valence-electron chi connectivity index (χ3n) is 1.94. The smallest absolute Gasteiger partial charge is 0.240 e. The quantitative estimate of drug-likeness (QED) is 0.787. The summed E-state index contributed by atoms with van der Waals surface area (Å²) in [5, 5.41) is 2.97. The van der Waals surface area contributed by atoms with Gasteiger partial charge in [-0.3, -0.25) is 0 Å². The average molecular weight is 243 g/mol. The first-order valence-corrected chi connectivity index (χ1v) is 6.78. The van der Waals surface area contributed by atoms with E-state index in [0.717, 1.165) is 6.42 Å². The van der Waals surface area contributed by atoms with E-state index in [9.17, 15) is 8.42 Å². The molecule has 0 atom stereocenters. The SMILES string of the molecule is CCCNS(=O)(=O)c1ccnc(NCC)c1. The fourth-order valence-corrected chi connectivity index (χ4v) is 2.32. The van der Waals surface area contributed by atoms with E-state index in [0.29, 0.717) is 18.9 Å². The standard InChI is InChI=1S/C10H17N3O2S/c1-3-6-13-16(14,15)9-5-7-12-10(8-9)11-4-2/h5,7-8,13H,3-4,6H2,1-2H3,(H,11,12). The highest BCUT2D eigenvalue weighted by Gasteiger charge is 2.13. The molecule has 0 aliphatic carbocycles. The number of anilines is 1. The van der Waals surface area contributed by atoms with Gasteiger partial charge in [0.05, 0.1) is 4.90 Å². The minimum absolute atomic E-state index is 0.243. The molecule has 0 saturated heterocycles. The van der Waals surface area contributed by atoms with Gasteiger partial charge in [-0.25, -0.2) is 18.1 Å². The van der Waals surface area contributed by atoms with Gasteiger partial charge in [0.1, 0.15) is 5.82 Å². The van der Waals surface area contributed by atoms with E-state index in [-0.39, 0.29) is 4.90 Å². The number of nitrogens with one attached hydrogen (secondary N) is 2. The van der Waals surface area contributed by atoms with Crippen molar-refractivity contribution < 1.29 is 8.42 Å². The Morgan fingerprint density at radius 2 is 2.12 bits per heavy atom. The molecule has 5 nitrogen and oxygen atoms in total. The minimum Gasteiger partial charge on any atom is -0.370 e. The molecular formula is C10H17N3O2S. The van der Waals surface area contributed by atoms with E-state index in [2.05, 4.69) is 15.0 Å². The molecule has 1 aromatic rings. The Hall–Kier alpha value is -1.14. The van der Waals surface area contributed by atoms with Crippen LogP contribution in [0.25, 0.3) is 0 Å². The second-order valence-corrected chi connectivity index (χ2v) is 5.07. The maximum Gasteiger partial charge on any atom is 0.240 e. The number of hydrogen-bond acceptors (Lipinski definition) is 4. The summed E-state index contributed by atoms with van der Waals surface area (Å²) in [6.45, 7) is 5.00. The van der Waals surface area contributed by atoms with Crippen LogP contribution in [0.5, 0.6) is 0 Å². The van der Waals surface area contributed by atoms with Crippen LogP contribution in [0.3, 0.4) is 0 Å². The van der Waals surface area contributed by atoms with Crippen LogP contribution in [0.15, 0.2) is 23.2 Å². The van der Waals surface area contributed by atoms with Crippen LogP contribution in [-0.4, -0.2) is 26.5 Å². The largest absolute Gasteiger partial charge is 0.370 e. The molecule has 0 unspecified atom stereocenters. The number of pyridine rings is 1. The van der Waals surface area contributed by atoms with Crippen LogP contribution < -0.4 is 10.0 Å². The van der Waals surface area contributed by atoms with Gasteiger partial charge in [0.25, 0.3) is 0 Å². The topological polar surface area (TPSA) is 71.1 Å². The fraction of sp³-hybridized carbons (Fsp3) is 0.500. The number of aromatic nitrogens is 1. The highest BCUT2D eigenvalue weighted by molar-refractivity contribution is 7.89. The van der Waals surface area contributed by atoms with Crippen LogP contribution >= 0.6 is 0 Å². The second kappa shape index (κ2) is 5.81. The first-order chi connectivity index (χ1) is 7.60. The van der Waals surface area contributed by atoms with Crippen molar-refractivity contribution >= 4 is 15.8 Å². The number of sulfonamides is 1. The monoisotopic (exact) mass is 243 g/mol. The van der Waals surface area contributed by atoms with Crippen LogP contribution in [0.2, 0.25) is 0 Å². The Balaban J connectivity index is 2.90. The maximum absolute atomic E-state index is 11.8. The van der Waals surface area contributed by atoms with E-state index in [1.165, 1.54) is 18.3 Å². The van der Waals surface area contributed by atoms with Crippen molar-refractivity contribution in [1.29, 1.82) is 0 Å². The van der Waals surface area contributed by atoms with Gasteiger partial charge in [0.2, 0.25) is 10.0 Å². The number of rotatable bonds is 6. The molecule has 0 aliphatic rings. The second-order valence-electron chi connectivity index (χ2n) is 3.30. The van der Waals surface area contributed by atoms with Gasteiger partial charge >= 0.3 is 0 Å². The summed E-state index contributed by atoms with van der Waals surface area (Å²) in [7, 11) is -3.39. The highest BCUT2D eigenvalue weighted by Crippen LogP contribution is 2.12. The summed E-state index contributed by atoms with van der Waals surface area (Å²) < 4.78 is 26.1. The molecule has 1 heterocycles. The van der Waals surface area contributed by atoms with Crippen molar-refractivity contribution in [2.45, 2.75) is 25.2 Å². The molecule has 0 saturated carbocycles. The van der Waals surface area contributed by atoms with Gasteiger partial charge in [-0.1, -0.05) is 6.92 Å². The lowest BCUT2D eigenvalue weighted by Crippen LogP contribution is -2.24. The summed E-state index contributed by atoms with van der Waals surface area (Å²) >= 11 is 0. The first-order valence-electron chi connectivity index (χ1n) is 5.29. The van der Waals surface area contributed by atoms with Crippen molar-refractivity contribution in [1.82, 2.24) is 9.71 Å². The molecule has 0 amide bonds. The summed E-state index contributed by atoms with van der Waals surface area (Å²) in [5.74, 6) is 0.571. The molecule has 0 aliphatic heterocycles. The lowest BCUT2D eigenvalue weighted by atomic mass is 10.4. The summed E-state index contributed by atoms with van der Waals surface area (Å²) in [5.41, 5.74) is 0. The third kappa shape index (κ3) is 3.46. The van der Waals surface area contributed by atoms with Gasteiger partial charge in [-0.2, -0.15) is 0 Å². The molecule has 0 fully saturated rings. The fourth-order valence-electron chi connectivity index (χ4n) is 1.18. The summed E-state index contributed by atoms with van der Waals surface area (Å²) in [6, 6.07) is 3.01. The Labute approximate surface area is 96.3 Å². The molecule has 0 aromatic carbocycles. The Kier molecular flexibility index (Phi) is 4.70. The molecule has 2 N–H and O–H groups in total. The molecule has 6 heteroatoms. The highest BCUT2D eigenvalue weighted by atomic mass is 32.2. The van der Waals surface area contributed by atoms with Crippen molar-refractivity contribution in [3.63, 3.8) is 0 Å². The molecule has 1 rings (SSSR count). The zero-order valence-electron chi connectivity index (χ0n) is 9.53. The number of hydrogen-bond donors (Lipinski definition) is 2. The average Bonchev–Trinajstić information content (AvgIpc) is 2.27. The molecule has 0 spiro atoms. The lowest BCUT2D eigenvalue weighted by Gasteiger charge is -2.07. The predicted molar refractivity (Wildman–Crippen MR) is 63.9 cm³/mol. The van der Waals surface area contributed by atoms with E-state index < -0.39 is 10.0 Å². The van der Waals surface area contributed by atoms with Gasteiger partial charge < -0.3 is 5.32 Å². The van der Waals surface area contributed by atoms with Crippen molar-refractivity contribution in [3.05, 3.63) is 18.3 Å².